The molecule has 0 aromatic heterocycles. The topological polar surface area (TPSA) is 71.1 Å². The van der Waals surface area contributed by atoms with Crippen LogP contribution in [0, 0.1) is 0 Å². The number of methoxy groups -OCH3 is 1. The minimum atomic E-state index is -0.564. The molecule has 138 valence electrons. The highest BCUT2D eigenvalue weighted by atomic mass is 16.6. The van der Waals surface area contributed by atoms with Crippen LogP contribution in [-0.4, -0.2) is 38.4 Å². The zero-order chi connectivity index (χ0) is 18.9. The summed E-state index contributed by atoms with van der Waals surface area (Å²) < 4.78 is 20.9. The van der Waals surface area contributed by atoms with Crippen LogP contribution < -0.4 is 9.47 Å². The highest BCUT2D eigenvalue weighted by Crippen LogP contribution is 2.22. The summed E-state index contributed by atoms with van der Waals surface area (Å²) in [5.41, 5.74) is 0.604. The summed E-state index contributed by atoms with van der Waals surface area (Å²) in [4.78, 5) is 24.4. The Labute approximate surface area is 152 Å². The molecule has 0 aliphatic heterocycles. The fourth-order valence-corrected chi connectivity index (χ4v) is 2.14. The Morgan fingerprint density at radius 2 is 1.73 bits per heavy atom. The SMILES string of the molecule is COCCOC(=O)c1cccc(OC(=O)c2ccccc2OC(C)C)c1. The number of rotatable bonds is 8. The summed E-state index contributed by atoms with van der Waals surface area (Å²) in [6, 6.07) is 13.1. The largest absolute Gasteiger partial charge is 0.490 e. The van der Waals surface area contributed by atoms with E-state index in [9.17, 15) is 9.59 Å². The Morgan fingerprint density at radius 3 is 2.46 bits per heavy atom. The van der Waals surface area contributed by atoms with E-state index in [1.54, 1.807) is 42.5 Å². The van der Waals surface area contributed by atoms with Crippen LogP contribution in [0.4, 0.5) is 0 Å². The van der Waals surface area contributed by atoms with E-state index in [2.05, 4.69) is 0 Å². The van der Waals surface area contributed by atoms with Gasteiger partial charge in [-0.05, 0) is 44.2 Å². The van der Waals surface area contributed by atoms with Crippen LogP contribution >= 0.6 is 0 Å². The lowest BCUT2D eigenvalue weighted by Gasteiger charge is -2.13. The Bertz CT molecular complexity index is 753. The first-order chi connectivity index (χ1) is 12.5. The van der Waals surface area contributed by atoms with E-state index in [1.165, 1.54) is 13.2 Å². The average Bonchev–Trinajstić information content (AvgIpc) is 2.62. The van der Waals surface area contributed by atoms with E-state index in [-0.39, 0.29) is 24.0 Å². The molecule has 2 aromatic rings. The molecule has 0 atom stereocenters. The first-order valence-electron chi connectivity index (χ1n) is 8.25. The molecule has 0 N–H and O–H groups in total. The zero-order valence-electron chi connectivity index (χ0n) is 15.1. The third-order valence-corrected chi connectivity index (χ3v) is 3.27. The number of esters is 2. The van der Waals surface area contributed by atoms with Crippen molar-refractivity contribution in [3.05, 3.63) is 59.7 Å². The van der Waals surface area contributed by atoms with Gasteiger partial charge in [-0.2, -0.15) is 0 Å². The highest BCUT2D eigenvalue weighted by molar-refractivity contribution is 5.94. The summed E-state index contributed by atoms with van der Waals surface area (Å²) in [6.45, 7) is 4.22. The van der Waals surface area contributed by atoms with Crippen LogP contribution in [0.1, 0.15) is 34.6 Å². The number of carbonyl (C=O) groups excluding carboxylic acids is 2. The highest BCUT2D eigenvalue weighted by Gasteiger charge is 2.16. The van der Waals surface area contributed by atoms with Gasteiger partial charge in [-0.3, -0.25) is 0 Å². The predicted molar refractivity (Wildman–Crippen MR) is 95.8 cm³/mol. The van der Waals surface area contributed by atoms with Gasteiger partial charge < -0.3 is 18.9 Å². The van der Waals surface area contributed by atoms with Crippen molar-refractivity contribution in [2.24, 2.45) is 0 Å². The van der Waals surface area contributed by atoms with Gasteiger partial charge in [0.25, 0.3) is 0 Å². The maximum atomic E-state index is 12.5. The van der Waals surface area contributed by atoms with Crippen LogP contribution in [0.3, 0.4) is 0 Å². The Kier molecular flexibility index (Phi) is 7.17. The Hall–Kier alpha value is -2.86. The molecular formula is C20H22O6. The smallest absolute Gasteiger partial charge is 0.347 e. The van der Waals surface area contributed by atoms with Gasteiger partial charge in [-0.1, -0.05) is 18.2 Å². The lowest BCUT2D eigenvalue weighted by Crippen LogP contribution is -2.14. The van der Waals surface area contributed by atoms with Gasteiger partial charge in [0.2, 0.25) is 0 Å². The lowest BCUT2D eigenvalue weighted by molar-refractivity contribution is 0.0387. The van der Waals surface area contributed by atoms with E-state index >= 15 is 0 Å². The van der Waals surface area contributed by atoms with E-state index in [4.69, 9.17) is 18.9 Å². The van der Waals surface area contributed by atoms with Crippen LogP contribution in [0.2, 0.25) is 0 Å². The average molecular weight is 358 g/mol. The summed E-state index contributed by atoms with van der Waals surface area (Å²) in [5, 5.41) is 0. The van der Waals surface area contributed by atoms with Gasteiger partial charge in [0, 0.05) is 7.11 Å². The van der Waals surface area contributed by atoms with Crippen molar-refractivity contribution in [1.29, 1.82) is 0 Å². The molecule has 0 radical (unpaired) electrons. The van der Waals surface area contributed by atoms with Crippen molar-refractivity contribution in [3.8, 4) is 11.5 Å². The number of ether oxygens (including phenoxy) is 4. The number of benzene rings is 2. The van der Waals surface area contributed by atoms with E-state index in [1.807, 2.05) is 13.8 Å². The number of para-hydroxylation sites is 1. The van der Waals surface area contributed by atoms with Crippen molar-refractivity contribution in [2.45, 2.75) is 20.0 Å². The summed E-state index contributed by atoms with van der Waals surface area (Å²) >= 11 is 0. The first-order valence-corrected chi connectivity index (χ1v) is 8.25. The summed E-state index contributed by atoms with van der Waals surface area (Å²) in [6.07, 6.45) is -0.0749. The molecule has 0 saturated heterocycles. The molecule has 0 heterocycles. The maximum absolute atomic E-state index is 12.5. The molecule has 0 spiro atoms. The van der Waals surface area contributed by atoms with E-state index in [0.717, 1.165) is 0 Å². The second kappa shape index (κ2) is 9.58. The summed E-state index contributed by atoms with van der Waals surface area (Å²) in [5.74, 6) is -0.382. The fraction of sp³-hybridized carbons (Fsp3) is 0.300. The molecule has 6 nitrogen and oxygen atoms in total. The van der Waals surface area contributed by atoms with Gasteiger partial charge >= 0.3 is 11.9 Å². The second-order valence-electron chi connectivity index (χ2n) is 5.71. The van der Waals surface area contributed by atoms with Crippen molar-refractivity contribution in [1.82, 2.24) is 0 Å². The molecule has 0 bridgehead atoms. The van der Waals surface area contributed by atoms with Crippen molar-refractivity contribution in [2.75, 3.05) is 20.3 Å². The summed E-state index contributed by atoms with van der Waals surface area (Å²) in [7, 11) is 1.52. The standard InChI is InChI=1S/C20H22O6/c1-14(2)25-18-10-5-4-9-17(18)20(22)26-16-8-6-7-15(13-16)19(21)24-12-11-23-3/h4-10,13-14H,11-12H2,1-3H3. The minimum absolute atomic E-state index is 0.0749. The van der Waals surface area contributed by atoms with E-state index in [0.29, 0.717) is 17.9 Å². The second-order valence-corrected chi connectivity index (χ2v) is 5.71. The van der Waals surface area contributed by atoms with Gasteiger partial charge in [0.1, 0.15) is 23.7 Å². The molecule has 2 aromatic carbocycles. The van der Waals surface area contributed by atoms with Crippen molar-refractivity contribution in [3.63, 3.8) is 0 Å². The van der Waals surface area contributed by atoms with Gasteiger partial charge in [0.15, 0.2) is 0 Å². The number of hydrogen-bond donors (Lipinski definition) is 0. The van der Waals surface area contributed by atoms with Crippen LogP contribution in [0.5, 0.6) is 11.5 Å². The Morgan fingerprint density at radius 1 is 0.962 bits per heavy atom. The monoisotopic (exact) mass is 358 g/mol. The minimum Gasteiger partial charge on any atom is -0.490 e. The molecule has 6 heteroatoms. The molecule has 0 aliphatic rings. The Balaban J connectivity index is 2.10. The third kappa shape index (κ3) is 5.60. The molecule has 0 saturated carbocycles. The molecular weight excluding hydrogens is 336 g/mol. The van der Waals surface area contributed by atoms with Crippen molar-refractivity contribution < 1.29 is 28.5 Å². The van der Waals surface area contributed by atoms with Crippen LogP contribution in [0.15, 0.2) is 48.5 Å². The maximum Gasteiger partial charge on any atom is 0.347 e. The third-order valence-electron chi connectivity index (χ3n) is 3.27. The zero-order valence-corrected chi connectivity index (χ0v) is 15.1. The number of carbonyl (C=O) groups is 2. The molecule has 2 rings (SSSR count). The van der Waals surface area contributed by atoms with Gasteiger partial charge in [-0.15, -0.1) is 0 Å². The molecule has 0 aliphatic carbocycles. The predicted octanol–water partition coefficient (Wildman–Crippen LogP) is 3.50. The fourth-order valence-electron chi connectivity index (χ4n) is 2.14. The molecule has 26 heavy (non-hydrogen) atoms. The van der Waals surface area contributed by atoms with Gasteiger partial charge in [0.05, 0.1) is 18.3 Å². The van der Waals surface area contributed by atoms with Gasteiger partial charge in [-0.25, -0.2) is 9.59 Å². The lowest BCUT2D eigenvalue weighted by atomic mass is 10.2. The van der Waals surface area contributed by atoms with Crippen molar-refractivity contribution >= 4 is 11.9 Å². The molecule has 0 fully saturated rings. The van der Waals surface area contributed by atoms with Crippen LogP contribution in [-0.2, 0) is 9.47 Å². The van der Waals surface area contributed by atoms with Crippen LogP contribution in [0.25, 0.3) is 0 Å². The quantitative estimate of drug-likeness (QED) is 0.409. The number of hydrogen-bond acceptors (Lipinski definition) is 6. The first kappa shape index (κ1) is 19.5. The van der Waals surface area contributed by atoms with E-state index < -0.39 is 11.9 Å². The molecule has 0 amide bonds. The normalized spacial score (nSPS) is 10.5. The molecule has 0 unspecified atom stereocenters.